The summed E-state index contributed by atoms with van der Waals surface area (Å²) in [6, 6.07) is 69.9. The molecule has 0 aliphatic heterocycles. The van der Waals surface area contributed by atoms with Crippen LogP contribution in [0.2, 0.25) is 0 Å². The Balaban J connectivity index is 1.20. The minimum atomic E-state index is -0.230. The van der Waals surface area contributed by atoms with Crippen LogP contribution in [-0.2, 0) is 10.8 Å². The van der Waals surface area contributed by atoms with E-state index in [1.165, 1.54) is 88.3 Å². The number of anilines is 3. The molecule has 0 unspecified atom stereocenters. The molecule has 0 amide bonds. The lowest BCUT2D eigenvalue weighted by Gasteiger charge is -2.32. The molecular formula is C56H43N. The van der Waals surface area contributed by atoms with E-state index in [9.17, 15) is 0 Å². The van der Waals surface area contributed by atoms with Crippen LogP contribution in [-0.4, -0.2) is 0 Å². The number of benzene rings is 9. The van der Waals surface area contributed by atoms with Gasteiger partial charge in [0.1, 0.15) is 0 Å². The number of hydrogen-bond acceptors (Lipinski definition) is 1. The molecule has 9 aromatic carbocycles. The van der Waals surface area contributed by atoms with Gasteiger partial charge in [0.15, 0.2) is 0 Å². The molecule has 1 heteroatoms. The molecule has 2 aliphatic carbocycles. The van der Waals surface area contributed by atoms with E-state index in [0.717, 1.165) is 17.1 Å². The second-order valence-electron chi connectivity index (χ2n) is 16.9. The van der Waals surface area contributed by atoms with Crippen molar-refractivity contribution >= 4 is 38.6 Å². The largest absolute Gasteiger partial charge is 0.310 e. The molecule has 0 spiro atoms. The molecule has 0 bridgehead atoms. The summed E-state index contributed by atoms with van der Waals surface area (Å²) in [6.45, 7) is 9.60. The molecule has 0 aromatic heterocycles. The van der Waals surface area contributed by atoms with E-state index in [4.69, 9.17) is 0 Å². The highest BCUT2D eigenvalue weighted by molar-refractivity contribution is 6.18. The fraction of sp³-hybridized carbons (Fsp3) is 0.107. The predicted octanol–water partition coefficient (Wildman–Crippen LogP) is 15.4. The van der Waals surface area contributed by atoms with Crippen molar-refractivity contribution in [3.63, 3.8) is 0 Å². The second-order valence-corrected chi connectivity index (χ2v) is 16.9. The highest BCUT2D eigenvalue weighted by Gasteiger charge is 2.40. The van der Waals surface area contributed by atoms with Crippen LogP contribution in [0.15, 0.2) is 188 Å². The van der Waals surface area contributed by atoms with E-state index in [1.807, 2.05) is 0 Å². The SMILES string of the molecule is CC1(C)c2ccccc2-c2ccc(N(c3ccc4c(c3)C(C)(C)c3c-4c4ccccc4c4ccccc34)c3cccc(-c4ccccc4)c3-c3ccccc3)cc21. The number of rotatable bonds is 5. The number of hydrogen-bond donors (Lipinski definition) is 0. The standard InChI is InChI=1S/C56H43N/c1-55(2)48-28-16-15-24-43(48)44-32-30-38(34-49(44)55)57(51-29-17-27-40(36-18-7-5-8-19-36)52(51)37-20-9-6-10-21-37)39-31-33-47-50(35-39)56(3,4)54-46-26-14-12-23-42(46)41-22-11-13-25-45(41)53(47)54/h5-35H,1-4H3. The summed E-state index contributed by atoms with van der Waals surface area (Å²) in [4.78, 5) is 2.53. The summed E-state index contributed by atoms with van der Waals surface area (Å²) in [5.41, 5.74) is 18.8. The summed E-state index contributed by atoms with van der Waals surface area (Å²) < 4.78 is 0. The first-order valence-electron chi connectivity index (χ1n) is 20.2. The average Bonchev–Trinajstić information content (AvgIpc) is 3.64. The van der Waals surface area contributed by atoms with Crippen LogP contribution in [0.25, 0.3) is 66.1 Å². The van der Waals surface area contributed by atoms with Gasteiger partial charge in [-0.15, -0.1) is 0 Å². The normalized spacial score (nSPS) is 14.2. The van der Waals surface area contributed by atoms with Crippen LogP contribution in [0.5, 0.6) is 0 Å². The summed E-state index contributed by atoms with van der Waals surface area (Å²) >= 11 is 0. The van der Waals surface area contributed by atoms with Crippen LogP contribution in [0.1, 0.15) is 49.9 Å². The Bertz CT molecular complexity index is 3060. The summed E-state index contributed by atoms with van der Waals surface area (Å²) in [7, 11) is 0. The maximum Gasteiger partial charge on any atom is 0.0546 e. The van der Waals surface area contributed by atoms with Crippen LogP contribution in [0, 0.1) is 0 Å². The van der Waals surface area contributed by atoms with Crippen LogP contribution >= 0.6 is 0 Å². The molecule has 2 aliphatic rings. The second kappa shape index (κ2) is 12.4. The van der Waals surface area contributed by atoms with E-state index in [0.29, 0.717) is 0 Å². The van der Waals surface area contributed by atoms with Crippen molar-refractivity contribution in [2.45, 2.75) is 38.5 Å². The molecule has 272 valence electrons. The van der Waals surface area contributed by atoms with Crippen molar-refractivity contribution in [1.29, 1.82) is 0 Å². The minimum Gasteiger partial charge on any atom is -0.310 e. The van der Waals surface area contributed by atoms with Gasteiger partial charge in [0, 0.05) is 27.8 Å². The molecular weight excluding hydrogens is 687 g/mol. The van der Waals surface area contributed by atoms with Crippen molar-refractivity contribution in [2.75, 3.05) is 4.90 Å². The molecule has 0 fully saturated rings. The van der Waals surface area contributed by atoms with Gasteiger partial charge in [-0.05, 0) is 113 Å². The zero-order valence-corrected chi connectivity index (χ0v) is 32.8. The monoisotopic (exact) mass is 729 g/mol. The van der Waals surface area contributed by atoms with Crippen molar-refractivity contribution in [3.8, 4) is 44.5 Å². The highest BCUT2D eigenvalue weighted by Crippen LogP contribution is 2.57. The number of nitrogens with zero attached hydrogens (tertiary/aromatic N) is 1. The lowest BCUT2D eigenvalue weighted by Crippen LogP contribution is -2.18. The van der Waals surface area contributed by atoms with Gasteiger partial charge < -0.3 is 4.90 Å². The number of fused-ring (bicyclic) bond motifs is 11. The van der Waals surface area contributed by atoms with Gasteiger partial charge in [-0.25, -0.2) is 0 Å². The van der Waals surface area contributed by atoms with Gasteiger partial charge in [0.2, 0.25) is 0 Å². The lowest BCUT2D eigenvalue weighted by molar-refractivity contribution is 0.660. The molecule has 1 nitrogen and oxygen atoms in total. The first-order valence-corrected chi connectivity index (χ1v) is 20.2. The Morgan fingerprint density at radius 1 is 0.333 bits per heavy atom. The smallest absolute Gasteiger partial charge is 0.0546 e. The fourth-order valence-corrected chi connectivity index (χ4v) is 10.4. The third-order valence-electron chi connectivity index (χ3n) is 13.0. The Labute approximate surface area is 335 Å². The summed E-state index contributed by atoms with van der Waals surface area (Å²) in [5.74, 6) is 0. The highest BCUT2D eigenvalue weighted by atomic mass is 15.1. The van der Waals surface area contributed by atoms with Crippen molar-refractivity contribution < 1.29 is 0 Å². The summed E-state index contributed by atoms with van der Waals surface area (Å²) in [5, 5.41) is 5.30. The molecule has 0 saturated carbocycles. The molecule has 9 aromatic rings. The quantitative estimate of drug-likeness (QED) is 0.159. The van der Waals surface area contributed by atoms with Gasteiger partial charge in [0.25, 0.3) is 0 Å². The van der Waals surface area contributed by atoms with Gasteiger partial charge in [-0.1, -0.05) is 185 Å². The Morgan fingerprint density at radius 3 is 1.54 bits per heavy atom. The minimum absolute atomic E-state index is 0.133. The Hall–Kier alpha value is -6.70. The van der Waals surface area contributed by atoms with E-state index >= 15 is 0 Å². The van der Waals surface area contributed by atoms with E-state index < -0.39 is 0 Å². The maximum atomic E-state index is 2.53. The topological polar surface area (TPSA) is 3.24 Å². The molecule has 0 atom stereocenters. The van der Waals surface area contributed by atoms with Crippen molar-refractivity contribution in [1.82, 2.24) is 0 Å². The fourth-order valence-electron chi connectivity index (χ4n) is 10.4. The Morgan fingerprint density at radius 2 is 0.842 bits per heavy atom. The zero-order chi connectivity index (χ0) is 38.5. The van der Waals surface area contributed by atoms with Crippen LogP contribution in [0.4, 0.5) is 17.1 Å². The average molecular weight is 730 g/mol. The van der Waals surface area contributed by atoms with Gasteiger partial charge in [-0.2, -0.15) is 0 Å². The lowest BCUT2D eigenvalue weighted by atomic mass is 9.79. The molecule has 0 radical (unpaired) electrons. The van der Waals surface area contributed by atoms with Crippen molar-refractivity contribution in [2.24, 2.45) is 0 Å². The van der Waals surface area contributed by atoms with E-state index in [2.05, 4.69) is 221 Å². The first kappa shape index (κ1) is 33.6. The first-order chi connectivity index (χ1) is 27.8. The predicted molar refractivity (Wildman–Crippen MR) is 242 cm³/mol. The van der Waals surface area contributed by atoms with Crippen LogP contribution in [0.3, 0.4) is 0 Å². The Kier molecular flexibility index (Phi) is 7.32. The van der Waals surface area contributed by atoms with Gasteiger partial charge >= 0.3 is 0 Å². The van der Waals surface area contributed by atoms with E-state index in [-0.39, 0.29) is 10.8 Å². The van der Waals surface area contributed by atoms with Crippen LogP contribution < -0.4 is 4.90 Å². The van der Waals surface area contributed by atoms with Gasteiger partial charge in [-0.3, -0.25) is 0 Å². The molecule has 0 heterocycles. The third-order valence-corrected chi connectivity index (χ3v) is 13.0. The third kappa shape index (κ3) is 4.88. The molecule has 11 rings (SSSR count). The van der Waals surface area contributed by atoms with Gasteiger partial charge in [0.05, 0.1) is 5.69 Å². The van der Waals surface area contributed by atoms with E-state index in [1.54, 1.807) is 0 Å². The maximum absolute atomic E-state index is 2.53. The molecule has 57 heavy (non-hydrogen) atoms. The zero-order valence-electron chi connectivity index (χ0n) is 32.8. The molecule has 0 N–H and O–H groups in total. The molecule has 0 saturated heterocycles. The summed E-state index contributed by atoms with van der Waals surface area (Å²) in [6.07, 6.45) is 0. The van der Waals surface area contributed by atoms with Crippen molar-refractivity contribution in [3.05, 3.63) is 210 Å².